The first-order chi connectivity index (χ1) is 15.3. The number of sulfonamides is 1. The van der Waals surface area contributed by atoms with E-state index in [1.54, 1.807) is 54.6 Å². The maximum atomic E-state index is 13.1. The van der Waals surface area contributed by atoms with Gasteiger partial charge >= 0.3 is 6.09 Å². The summed E-state index contributed by atoms with van der Waals surface area (Å²) in [6, 6.07) is 21.5. The normalized spacial score (nSPS) is 15.0. The molecule has 1 aliphatic heterocycles. The third kappa shape index (κ3) is 4.83. The van der Waals surface area contributed by atoms with Crippen molar-refractivity contribution < 1.29 is 22.7 Å². The number of rotatable bonds is 7. The van der Waals surface area contributed by atoms with Crippen LogP contribution in [0.4, 0.5) is 4.79 Å². The Morgan fingerprint density at radius 1 is 0.938 bits per heavy atom. The average molecular weight is 471 g/mol. The van der Waals surface area contributed by atoms with Crippen LogP contribution in [0.25, 0.3) is 11.1 Å². The number of hydrogen-bond acceptors (Lipinski definition) is 5. The molecular weight excluding hydrogens is 452 g/mol. The number of hydrogen-bond donors (Lipinski definition) is 1. The molecule has 9 heteroatoms. The summed E-state index contributed by atoms with van der Waals surface area (Å²) in [6.07, 6.45) is -0.791. The lowest BCUT2D eigenvalue weighted by Crippen LogP contribution is -2.40. The zero-order valence-corrected chi connectivity index (χ0v) is 18.3. The van der Waals surface area contributed by atoms with Gasteiger partial charge in [0.25, 0.3) is 5.91 Å². The Morgan fingerprint density at radius 2 is 1.66 bits per heavy atom. The Kier molecular flexibility index (Phi) is 6.27. The molecule has 1 unspecified atom stereocenters. The highest BCUT2D eigenvalue weighted by molar-refractivity contribution is 7.89. The number of nitrogens with zero attached hydrogens (tertiary/aromatic N) is 1. The molecule has 0 aromatic heterocycles. The highest BCUT2D eigenvalue weighted by Crippen LogP contribution is 2.25. The van der Waals surface area contributed by atoms with Crippen LogP contribution in [-0.4, -0.2) is 38.5 Å². The Bertz CT molecular complexity index is 1230. The molecule has 2 amide bonds. The van der Waals surface area contributed by atoms with Crippen molar-refractivity contribution in [3.05, 3.63) is 89.4 Å². The number of cyclic esters (lactones) is 1. The molecule has 4 rings (SSSR count). The van der Waals surface area contributed by atoms with E-state index in [0.29, 0.717) is 10.6 Å². The molecule has 1 saturated heterocycles. The number of imide groups is 1. The van der Waals surface area contributed by atoms with E-state index in [0.717, 1.165) is 16.0 Å². The van der Waals surface area contributed by atoms with E-state index >= 15 is 0 Å². The number of carbonyl (C=O) groups excluding carboxylic acids is 2. The topological polar surface area (TPSA) is 92.8 Å². The summed E-state index contributed by atoms with van der Waals surface area (Å²) in [4.78, 5) is 24.8. The first-order valence-electron chi connectivity index (χ1n) is 9.74. The molecule has 3 aromatic rings. The molecule has 7 nitrogen and oxygen atoms in total. The predicted octanol–water partition coefficient (Wildman–Crippen LogP) is 4.01. The second-order valence-corrected chi connectivity index (χ2v) is 9.33. The van der Waals surface area contributed by atoms with Gasteiger partial charge in [0.1, 0.15) is 0 Å². The maximum absolute atomic E-state index is 13.1. The van der Waals surface area contributed by atoms with Crippen LogP contribution in [0, 0.1) is 0 Å². The minimum Gasteiger partial charge on any atom is -0.439 e. The van der Waals surface area contributed by atoms with Gasteiger partial charge in [0.15, 0.2) is 6.61 Å². The van der Waals surface area contributed by atoms with Crippen LogP contribution < -0.4 is 4.72 Å². The molecule has 32 heavy (non-hydrogen) atoms. The fourth-order valence-corrected chi connectivity index (χ4v) is 4.79. The highest BCUT2D eigenvalue weighted by Gasteiger charge is 2.34. The standard InChI is InChI=1S/C23H19ClN2O5S/c24-19-8-4-7-18(13-19)16-9-11-20(12-10-16)32(29,30)25-21(17-5-2-1-3-6-17)14-26-22(27)15-31-23(26)28/h1-13,21,25H,14-15H2. The van der Waals surface area contributed by atoms with Crippen molar-refractivity contribution >= 4 is 33.6 Å². The van der Waals surface area contributed by atoms with E-state index in [2.05, 4.69) is 4.72 Å². The number of carbonyl (C=O) groups is 2. The summed E-state index contributed by atoms with van der Waals surface area (Å²) in [5.41, 5.74) is 2.29. The van der Waals surface area contributed by atoms with Crippen molar-refractivity contribution in [3.8, 4) is 11.1 Å². The third-order valence-electron chi connectivity index (χ3n) is 5.03. The first-order valence-corrected chi connectivity index (χ1v) is 11.6. The fraction of sp³-hybridized carbons (Fsp3) is 0.130. The summed E-state index contributed by atoms with van der Waals surface area (Å²) in [5.74, 6) is -0.513. The molecule has 0 bridgehead atoms. The molecule has 1 atom stereocenters. The molecule has 3 aromatic carbocycles. The molecule has 1 heterocycles. The Labute approximate surface area is 190 Å². The van der Waals surface area contributed by atoms with Gasteiger partial charge in [0, 0.05) is 5.02 Å². The molecule has 1 N–H and O–H groups in total. The molecule has 0 spiro atoms. The van der Waals surface area contributed by atoms with E-state index in [9.17, 15) is 18.0 Å². The highest BCUT2D eigenvalue weighted by atomic mass is 35.5. The van der Waals surface area contributed by atoms with E-state index in [4.69, 9.17) is 16.3 Å². The van der Waals surface area contributed by atoms with E-state index in [1.165, 1.54) is 12.1 Å². The molecule has 0 aliphatic carbocycles. The lowest BCUT2D eigenvalue weighted by Gasteiger charge is -2.22. The predicted molar refractivity (Wildman–Crippen MR) is 119 cm³/mol. The van der Waals surface area contributed by atoms with Crippen molar-refractivity contribution in [1.82, 2.24) is 9.62 Å². The average Bonchev–Trinajstić information content (AvgIpc) is 3.11. The molecule has 1 fully saturated rings. The second kappa shape index (κ2) is 9.12. The Morgan fingerprint density at radius 3 is 2.28 bits per heavy atom. The first kappa shape index (κ1) is 22.0. The van der Waals surface area contributed by atoms with Gasteiger partial charge in [-0.25, -0.2) is 22.8 Å². The van der Waals surface area contributed by atoms with Crippen LogP contribution in [0.1, 0.15) is 11.6 Å². The SMILES string of the molecule is O=C1COC(=O)N1CC(NS(=O)(=O)c1ccc(-c2cccc(Cl)c2)cc1)c1ccccc1. The smallest absolute Gasteiger partial charge is 0.417 e. The second-order valence-electron chi connectivity index (χ2n) is 7.18. The van der Waals surface area contributed by atoms with Gasteiger partial charge in [-0.1, -0.05) is 66.2 Å². The van der Waals surface area contributed by atoms with Crippen LogP contribution in [0.3, 0.4) is 0 Å². The van der Waals surface area contributed by atoms with E-state index in [-0.39, 0.29) is 18.0 Å². The number of halogens is 1. The van der Waals surface area contributed by atoms with Gasteiger partial charge in [-0.05, 0) is 41.0 Å². The largest absolute Gasteiger partial charge is 0.439 e. The monoisotopic (exact) mass is 470 g/mol. The molecule has 0 radical (unpaired) electrons. The summed E-state index contributed by atoms with van der Waals surface area (Å²) in [7, 11) is -3.96. The number of amides is 2. The van der Waals surface area contributed by atoms with Crippen molar-refractivity contribution in [2.45, 2.75) is 10.9 Å². The molecule has 164 valence electrons. The minimum absolute atomic E-state index is 0.0551. The van der Waals surface area contributed by atoms with Gasteiger partial charge in [-0.3, -0.25) is 4.79 Å². The van der Waals surface area contributed by atoms with Crippen molar-refractivity contribution in [3.63, 3.8) is 0 Å². The van der Waals surface area contributed by atoms with Crippen LogP contribution in [-0.2, 0) is 19.6 Å². The van der Waals surface area contributed by atoms with Gasteiger partial charge < -0.3 is 4.74 Å². The molecular formula is C23H19ClN2O5S. The van der Waals surface area contributed by atoms with Gasteiger partial charge in [0.2, 0.25) is 10.0 Å². The number of ether oxygens (including phenoxy) is 1. The Balaban J connectivity index is 1.59. The summed E-state index contributed by atoms with van der Waals surface area (Å²) >= 11 is 6.04. The van der Waals surface area contributed by atoms with Gasteiger partial charge in [0.05, 0.1) is 17.5 Å². The van der Waals surface area contributed by atoms with E-state index in [1.807, 2.05) is 12.1 Å². The number of benzene rings is 3. The summed E-state index contributed by atoms with van der Waals surface area (Å²) in [6.45, 7) is -0.528. The van der Waals surface area contributed by atoms with Crippen molar-refractivity contribution in [1.29, 1.82) is 0 Å². The molecule has 0 saturated carbocycles. The lowest BCUT2D eigenvalue weighted by atomic mass is 10.1. The van der Waals surface area contributed by atoms with Crippen LogP contribution in [0.5, 0.6) is 0 Å². The summed E-state index contributed by atoms with van der Waals surface area (Å²) < 4.78 is 33.6. The van der Waals surface area contributed by atoms with Crippen molar-refractivity contribution in [2.75, 3.05) is 13.2 Å². The zero-order chi connectivity index (χ0) is 22.7. The van der Waals surface area contributed by atoms with Crippen LogP contribution >= 0.6 is 11.6 Å². The summed E-state index contributed by atoms with van der Waals surface area (Å²) in [5, 5.41) is 0.585. The van der Waals surface area contributed by atoms with Gasteiger partial charge in [-0.2, -0.15) is 0 Å². The van der Waals surface area contributed by atoms with E-state index < -0.39 is 28.1 Å². The quantitative estimate of drug-likeness (QED) is 0.563. The Hall–Kier alpha value is -3.20. The van der Waals surface area contributed by atoms with Crippen LogP contribution in [0.2, 0.25) is 5.02 Å². The number of nitrogens with one attached hydrogen (secondary N) is 1. The van der Waals surface area contributed by atoms with Crippen molar-refractivity contribution in [2.24, 2.45) is 0 Å². The third-order valence-corrected chi connectivity index (χ3v) is 6.75. The molecule has 1 aliphatic rings. The zero-order valence-electron chi connectivity index (χ0n) is 16.8. The lowest BCUT2D eigenvalue weighted by molar-refractivity contribution is -0.126. The van der Waals surface area contributed by atoms with Gasteiger partial charge in [-0.15, -0.1) is 0 Å². The fourth-order valence-electron chi connectivity index (χ4n) is 3.39. The van der Waals surface area contributed by atoms with Crippen LogP contribution in [0.15, 0.2) is 83.8 Å². The minimum atomic E-state index is -3.96. The maximum Gasteiger partial charge on any atom is 0.417 e.